The van der Waals surface area contributed by atoms with Gasteiger partial charge in [0.25, 0.3) is 5.91 Å². The van der Waals surface area contributed by atoms with Crippen LogP contribution in [0.2, 0.25) is 0 Å². The van der Waals surface area contributed by atoms with Gasteiger partial charge in [0.2, 0.25) is 6.10 Å². The quantitative estimate of drug-likeness (QED) is 0.491. The number of methoxy groups -OCH3 is 1. The van der Waals surface area contributed by atoms with Crippen LogP contribution in [0.3, 0.4) is 0 Å². The molecule has 1 unspecified atom stereocenters. The number of anilines is 1. The zero-order valence-electron chi connectivity index (χ0n) is 18.7. The van der Waals surface area contributed by atoms with Gasteiger partial charge in [-0.25, -0.2) is 4.79 Å². The molecule has 0 aliphatic rings. The summed E-state index contributed by atoms with van der Waals surface area (Å²) < 4.78 is 16.5. The summed E-state index contributed by atoms with van der Waals surface area (Å²) in [5.41, 5.74) is 3.44. The van der Waals surface area contributed by atoms with E-state index in [9.17, 15) is 9.59 Å². The number of rotatable bonds is 8. The molecule has 0 aliphatic carbocycles. The van der Waals surface area contributed by atoms with Gasteiger partial charge in [-0.3, -0.25) is 4.79 Å². The lowest BCUT2D eigenvalue weighted by atomic mass is 10.1. The highest BCUT2D eigenvalue weighted by atomic mass is 16.5. The number of carbonyl (C=O) groups is 2. The van der Waals surface area contributed by atoms with Gasteiger partial charge in [-0.2, -0.15) is 0 Å². The van der Waals surface area contributed by atoms with E-state index in [4.69, 9.17) is 14.2 Å². The van der Waals surface area contributed by atoms with Gasteiger partial charge < -0.3 is 19.5 Å². The number of benzene rings is 3. The van der Waals surface area contributed by atoms with E-state index in [0.29, 0.717) is 29.4 Å². The first-order valence-corrected chi connectivity index (χ1v) is 10.4. The first-order valence-electron chi connectivity index (χ1n) is 10.4. The Morgan fingerprint density at radius 2 is 1.69 bits per heavy atom. The van der Waals surface area contributed by atoms with Crippen molar-refractivity contribution >= 4 is 17.6 Å². The highest BCUT2D eigenvalue weighted by Crippen LogP contribution is 2.30. The lowest BCUT2D eigenvalue weighted by molar-refractivity contribution is -0.125. The van der Waals surface area contributed by atoms with Crippen LogP contribution in [-0.4, -0.2) is 25.6 Å². The molecule has 3 aromatic rings. The molecule has 0 saturated carbocycles. The fourth-order valence-corrected chi connectivity index (χ4v) is 3.22. The maximum atomic E-state index is 13.2. The molecule has 1 amide bonds. The topological polar surface area (TPSA) is 73.9 Å². The van der Waals surface area contributed by atoms with Crippen LogP contribution in [0, 0.1) is 13.8 Å². The van der Waals surface area contributed by atoms with Gasteiger partial charge in [0.05, 0.1) is 19.3 Å². The van der Waals surface area contributed by atoms with E-state index in [1.165, 1.54) is 7.11 Å². The largest absolute Gasteiger partial charge is 0.493 e. The van der Waals surface area contributed by atoms with Crippen molar-refractivity contribution in [3.8, 4) is 11.5 Å². The molecule has 0 radical (unpaired) electrons. The summed E-state index contributed by atoms with van der Waals surface area (Å²) in [6, 6.07) is 19.5. The Hall–Kier alpha value is -3.80. The SMILES string of the molecule is CCOc1cc(C(=O)OC(C(=O)Nc2cc(C)ccc2C)c2ccccc2)ccc1OC. The van der Waals surface area contributed by atoms with Gasteiger partial charge in [0, 0.05) is 11.3 Å². The van der Waals surface area contributed by atoms with Crippen molar-refractivity contribution in [1.82, 2.24) is 0 Å². The van der Waals surface area contributed by atoms with Crippen LogP contribution in [0.4, 0.5) is 5.69 Å². The van der Waals surface area contributed by atoms with E-state index in [1.54, 1.807) is 42.5 Å². The Morgan fingerprint density at radius 1 is 0.938 bits per heavy atom. The third-order valence-electron chi connectivity index (χ3n) is 4.92. The second-order valence-corrected chi connectivity index (χ2v) is 7.30. The van der Waals surface area contributed by atoms with Gasteiger partial charge in [-0.05, 0) is 56.2 Å². The number of nitrogens with one attached hydrogen (secondary N) is 1. The van der Waals surface area contributed by atoms with E-state index in [0.717, 1.165) is 11.1 Å². The summed E-state index contributed by atoms with van der Waals surface area (Å²) >= 11 is 0. The van der Waals surface area contributed by atoms with Crippen LogP contribution in [0.15, 0.2) is 66.7 Å². The fourth-order valence-electron chi connectivity index (χ4n) is 3.22. The molecule has 6 heteroatoms. The average Bonchev–Trinajstić information content (AvgIpc) is 2.80. The number of esters is 1. The van der Waals surface area contributed by atoms with Crippen molar-refractivity contribution in [2.24, 2.45) is 0 Å². The number of hydrogen-bond acceptors (Lipinski definition) is 5. The molecular weight excluding hydrogens is 406 g/mol. The van der Waals surface area contributed by atoms with Crippen LogP contribution in [-0.2, 0) is 9.53 Å². The molecule has 3 rings (SSSR count). The molecule has 6 nitrogen and oxygen atoms in total. The second-order valence-electron chi connectivity index (χ2n) is 7.30. The zero-order chi connectivity index (χ0) is 23.1. The number of aryl methyl sites for hydroxylation is 2. The number of carbonyl (C=O) groups excluding carboxylic acids is 2. The minimum absolute atomic E-state index is 0.259. The zero-order valence-corrected chi connectivity index (χ0v) is 18.7. The molecule has 0 saturated heterocycles. The molecule has 1 N–H and O–H groups in total. The molecule has 166 valence electrons. The highest BCUT2D eigenvalue weighted by Gasteiger charge is 2.26. The van der Waals surface area contributed by atoms with Crippen LogP contribution in [0.25, 0.3) is 0 Å². The van der Waals surface area contributed by atoms with E-state index < -0.39 is 18.0 Å². The summed E-state index contributed by atoms with van der Waals surface area (Å²) in [4.78, 5) is 26.1. The highest BCUT2D eigenvalue weighted by molar-refractivity contribution is 5.98. The van der Waals surface area contributed by atoms with Crippen LogP contribution in [0.5, 0.6) is 11.5 Å². The smallest absolute Gasteiger partial charge is 0.339 e. The van der Waals surface area contributed by atoms with E-state index in [2.05, 4.69) is 5.32 Å². The Morgan fingerprint density at radius 3 is 2.38 bits per heavy atom. The Labute approximate surface area is 188 Å². The molecule has 1 atom stereocenters. The summed E-state index contributed by atoms with van der Waals surface area (Å²) in [5, 5.41) is 2.90. The van der Waals surface area contributed by atoms with Crippen LogP contribution >= 0.6 is 0 Å². The molecule has 0 aromatic heterocycles. The predicted octanol–water partition coefficient (Wildman–Crippen LogP) is 5.25. The lowest BCUT2D eigenvalue weighted by Gasteiger charge is -2.19. The van der Waals surface area contributed by atoms with Crippen LogP contribution in [0.1, 0.15) is 40.1 Å². The maximum Gasteiger partial charge on any atom is 0.339 e. The Kier molecular flexibility index (Phi) is 7.49. The Balaban J connectivity index is 1.88. The van der Waals surface area contributed by atoms with Crippen molar-refractivity contribution in [2.45, 2.75) is 26.9 Å². The van der Waals surface area contributed by atoms with Crippen molar-refractivity contribution in [2.75, 3.05) is 19.0 Å². The minimum Gasteiger partial charge on any atom is -0.493 e. The molecular formula is C26H27NO5. The molecule has 0 heterocycles. The monoisotopic (exact) mass is 433 g/mol. The molecule has 0 aliphatic heterocycles. The van der Waals surface area contributed by atoms with Gasteiger partial charge in [-0.1, -0.05) is 42.5 Å². The maximum absolute atomic E-state index is 13.2. The van der Waals surface area contributed by atoms with Crippen LogP contribution < -0.4 is 14.8 Å². The predicted molar refractivity (Wildman–Crippen MR) is 123 cm³/mol. The standard InChI is InChI=1S/C26H27NO5/c1-5-31-23-16-20(13-14-22(23)30-4)26(29)32-24(19-9-7-6-8-10-19)25(28)27-21-15-17(2)11-12-18(21)3/h6-16,24H,5H2,1-4H3,(H,27,28). The van der Waals surface area contributed by atoms with Crippen molar-refractivity contribution in [3.63, 3.8) is 0 Å². The first-order chi connectivity index (χ1) is 15.4. The summed E-state index contributed by atoms with van der Waals surface area (Å²) in [6.07, 6.45) is -1.12. The molecule has 3 aromatic carbocycles. The van der Waals surface area contributed by atoms with E-state index in [1.807, 2.05) is 45.0 Å². The van der Waals surface area contributed by atoms with Gasteiger partial charge >= 0.3 is 5.97 Å². The van der Waals surface area contributed by atoms with Gasteiger partial charge in [0.15, 0.2) is 11.5 Å². The number of hydrogen-bond donors (Lipinski definition) is 1. The normalized spacial score (nSPS) is 11.4. The van der Waals surface area contributed by atoms with E-state index in [-0.39, 0.29) is 5.56 Å². The average molecular weight is 434 g/mol. The number of amides is 1. The molecule has 0 bridgehead atoms. The van der Waals surface area contributed by atoms with Crippen molar-refractivity contribution < 1.29 is 23.8 Å². The van der Waals surface area contributed by atoms with E-state index >= 15 is 0 Å². The summed E-state index contributed by atoms with van der Waals surface area (Å²) in [7, 11) is 1.53. The Bertz CT molecular complexity index is 1090. The number of ether oxygens (including phenoxy) is 3. The lowest BCUT2D eigenvalue weighted by Crippen LogP contribution is -2.26. The molecule has 32 heavy (non-hydrogen) atoms. The third kappa shape index (κ3) is 5.46. The first kappa shape index (κ1) is 22.9. The van der Waals surface area contributed by atoms with Gasteiger partial charge in [-0.15, -0.1) is 0 Å². The molecule has 0 spiro atoms. The second kappa shape index (κ2) is 10.5. The summed E-state index contributed by atoms with van der Waals surface area (Å²) in [5.74, 6) is -0.133. The minimum atomic E-state index is -1.12. The molecule has 0 fully saturated rings. The van der Waals surface area contributed by atoms with Gasteiger partial charge in [0.1, 0.15) is 0 Å². The summed E-state index contributed by atoms with van der Waals surface area (Å²) in [6.45, 7) is 6.11. The fraction of sp³-hybridized carbons (Fsp3) is 0.231. The van der Waals surface area contributed by atoms with Crippen molar-refractivity contribution in [3.05, 3.63) is 89.0 Å². The van der Waals surface area contributed by atoms with Crippen molar-refractivity contribution in [1.29, 1.82) is 0 Å². The third-order valence-corrected chi connectivity index (χ3v) is 4.92.